The number of hydrogen-bond acceptors (Lipinski definition) is 6. The highest BCUT2D eigenvalue weighted by Crippen LogP contribution is 2.18. The van der Waals surface area contributed by atoms with Crippen LogP contribution in [-0.4, -0.2) is 61.3 Å². The number of ether oxygens (including phenoxy) is 1. The van der Waals surface area contributed by atoms with Gasteiger partial charge in [-0.2, -0.15) is 9.40 Å². The summed E-state index contributed by atoms with van der Waals surface area (Å²) in [7, 11) is -3.59. The van der Waals surface area contributed by atoms with Crippen LogP contribution in [0.5, 0.6) is 0 Å². The lowest BCUT2D eigenvalue weighted by Gasteiger charge is -2.26. The standard InChI is InChI=1S/C21H26N4O5S/c26-20-15-17-3-1-2-4-19(17)23-25(20)10-9-22-21(27)16-5-7-18(8-6-16)31(28,29)24-11-13-30-14-12-24/h5-8,15H,1-4,9-14H2,(H,22,27). The van der Waals surface area contributed by atoms with E-state index in [2.05, 4.69) is 10.4 Å². The molecule has 2 aliphatic rings. The Balaban J connectivity index is 1.36. The predicted octanol–water partition coefficient (Wildman–Crippen LogP) is 0.573. The summed E-state index contributed by atoms with van der Waals surface area (Å²) in [5, 5.41) is 7.20. The van der Waals surface area contributed by atoms with E-state index >= 15 is 0 Å². The monoisotopic (exact) mass is 446 g/mol. The zero-order valence-corrected chi connectivity index (χ0v) is 18.1. The minimum atomic E-state index is -3.59. The first-order valence-corrected chi connectivity index (χ1v) is 12.0. The van der Waals surface area contributed by atoms with Crippen molar-refractivity contribution in [3.8, 4) is 0 Å². The van der Waals surface area contributed by atoms with E-state index in [1.807, 2.05) is 0 Å². The molecule has 4 rings (SSSR count). The minimum absolute atomic E-state index is 0.149. The third-order valence-electron chi connectivity index (χ3n) is 5.61. The molecule has 10 heteroatoms. The Morgan fingerprint density at radius 1 is 1.10 bits per heavy atom. The van der Waals surface area contributed by atoms with Gasteiger partial charge in [0.2, 0.25) is 10.0 Å². The summed E-state index contributed by atoms with van der Waals surface area (Å²) < 4.78 is 33.3. The summed E-state index contributed by atoms with van der Waals surface area (Å²) >= 11 is 0. The molecule has 1 fully saturated rings. The van der Waals surface area contributed by atoms with Crippen molar-refractivity contribution in [2.45, 2.75) is 37.1 Å². The summed E-state index contributed by atoms with van der Waals surface area (Å²) in [5.41, 5.74) is 2.19. The van der Waals surface area contributed by atoms with Crippen molar-refractivity contribution in [3.63, 3.8) is 0 Å². The molecule has 1 aromatic carbocycles. The number of morpholine rings is 1. The van der Waals surface area contributed by atoms with Gasteiger partial charge in [0.1, 0.15) is 0 Å². The van der Waals surface area contributed by atoms with Crippen LogP contribution in [-0.2, 0) is 34.1 Å². The molecular formula is C21H26N4O5S. The van der Waals surface area contributed by atoms with E-state index in [1.165, 1.54) is 33.3 Å². The molecule has 0 saturated carbocycles. The Labute approximate surface area is 181 Å². The van der Waals surface area contributed by atoms with Crippen LogP contribution >= 0.6 is 0 Å². The quantitative estimate of drug-likeness (QED) is 0.695. The smallest absolute Gasteiger partial charge is 0.267 e. The van der Waals surface area contributed by atoms with Gasteiger partial charge in [-0.05, 0) is 55.5 Å². The summed E-state index contributed by atoms with van der Waals surface area (Å²) in [5.74, 6) is -0.332. The van der Waals surface area contributed by atoms with Gasteiger partial charge in [-0.1, -0.05) is 0 Å². The highest BCUT2D eigenvalue weighted by molar-refractivity contribution is 7.89. The Hall–Kier alpha value is -2.56. The number of aromatic nitrogens is 2. The Morgan fingerprint density at radius 3 is 2.55 bits per heavy atom. The molecule has 1 aliphatic carbocycles. The SMILES string of the molecule is O=C(NCCn1nc2c(cc1=O)CCCC2)c1ccc(S(=O)(=O)N2CCOCC2)cc1. The van der Waals surface area contributed by atoms with Gasteiger partial charge in [0, 0.05) is 31.3 Å². The predicted molar refractivity (Wildman–Crippen MR) is 113 cm³/mol. The van der Waals surface area contributed by atoms with Gasteiger partial charge in [0.25, 0.3) is 11.5 Å². The van der Waals surface area contributed by atoms with Gasteiger partial charge in [-0.3, -0.25) is 9.59 Å². The maximum absolute atomic E-state index is 12.7. The zero-order valence-electron chi connectivity index (χ0n) is 17.2. The van der Waals surface area contributed by atoms with Crippen LogP contribution in [0.2, 0.25) is 0 Å². The molecule has 31 heavy (non-hydrogen) atoms. The molecule has 9 nitrogen and oxygen atoms in total. The van der Waals surface area contributed by atoms with Crippen LogP contribution in [0.4, 0.5) is 0 Å². The number of hydrogen-bond donors (Lipinski definition) is 1. The van der Waals surface area contributed by atoms with Gasteiger partial charge in [0.15, 0.2) is 0 Å². The molecule has 166 valence electrons. The molecule has 1 aliphatic heterocycles. The van der Waals surface area contributed by atoms with Gasteiger partial charge < -0.3 is 10.1 Å². The van der Waals surface area contributed by atoms with Gasteiger partial charge >= 0.3 is 0 Å². The van der Waals surface area contributed by atoms with Crippen molar-refractivity contribution in [1.29, 1.82) is 0 Å². The second-order valence-corrected chi connectivity index (χ2v) is 9.62. The highest BCUT2D eigenvalue weighted by atomic mass is 32.2. The number of fused-ring (bicyclic) bond motifs is 1. The fraction of sp³-hybridized carbons (Fsp3) is 0.476. The average molecular weight is 447 g/mol. The molecule has 0 atom stereocenters. The molecule has 1 saturated heterocycles. The van der Waals surface area contributed by atoms with E-state index in [-0.39, 0.29) is 29.5 Å². The summed E-state index contributed by atoms with van der Waals surface area (Å²) in [6, 6.07) is 7.51. The molecule has 1 aromatic heterocycles. The normalized spacial score (nSPS) is 17.2. The van der Waals surface area contributed by atoms with Crippen molar-refractivity contribution in [2.75, 3.05) is 32.8 Å². The van der Waals surface area contributed by atoms with Crippen molar-refractivity contribution >= 4 is 15.9 Å². The van der Waals surface area contributed by atoms with E-state index in [0.717, 1.165) is 36.9 Å². The summed E-state index contributed by atoms with van der Waals surface area (Å²) in [6.45, 7) is 1.92. The van der Waals surface area contributed by atoms with Gasteiger partial charge in [-0.15, -0.1) is 0 Å². The topological polar surface area (TPSA) is 111 Å². The van der Waals surface area contributed by atoms with Crippen molar-refractivity contribution in [2.24, 2.45) is 0 Å². The molecule has 2 aromatic rings. The van der Waals surface area contributed by atoms with Crippen LogP contribution in [0.1, 0.15) is 34.5 Å². The number of carbonyl (C=O) groups excluding carboxylic acids is 1. The molecular weight excluding hydrogens is 420 g/mol. The van der Waals surface area contributed by atoms with E-state index in [0.29, 0.717) is 31.9 Å². The number of nitrogens with zero attached hydrogens (tertiary/aromatic N) is 3. The molecule has 0 radical (unpaired) electrons. The number of sulfonamides is 1. The number of benzene rings is 1. The second kappa shape index (κ2) is 9.29. The van der Waals surface area contributed by atoms with E-state index in [4.69, 9.17) is 4.74 Å². The lowest BCUT2D eigenvalue weighted by Crippen LogP contribution is -2.40. The lowest BCUT2D eigenvalue weighted by molar-refractivity contribution is 0.0730. The first kappa shape index (κ1) is 21.7. The van der Waals surface area contributed by atoms with Crippen LogP contribution in [0.3, 0.4) is 0 Å². The molecule has 0 spiro atoms. The molecule has 2 heterocycles. The van der Waals surface area contributed by atoms with Crippen molar-refractivity contribution in [1.82, 2.24) is 19.4 Å². The maximum Gasteiger partial charge on any atom is 0.267 e. The first-order chi connectivity index (χ1) is 14.9. The number of nitrogens with one attached hydrogen (secondary N) is 1. The summed E-state index contributed by atoms with van der Waals surface area (Å²) in [4.78, 5) is 24.8. The fourth-order valence-electron chi connectivity index (χ4n) is 3.85. The van der Waals surface area contributed by atoms with Gasteiger partial charge in [0.05, 0.1) is 30.3 Å². The Bertz CT molecular complexity index is 1110. The molecule has 0 unspecified atom stereocenters. The maximum atomic E-state index is 12.7. The lowest BCUT2D eigenvalue weighted by atomic mass is 9.97. The van der Waals surface area contributed by atoms with Crippen molar-refractivity contribution < 1.29 is 17.9 Å². The van der Waals surface area contributed by atoms with E-state index in [1.54, 1.807) is 6.07 Å². The molecule has 1 amide bonds. The van der Waals surface area contributed by atoms with E-state index < -0.39 is 10.0 Å². The van der Waals surface area contributed by atoms with Gasteiger partial charge in [-0.25, -0.2) is 13.1 Å². The Kier molecular flexibility index (Phi) is 6.49. The first-order valence-electron chi connectivity index (χ1n) is 10.5. The minimum Gasteiger partial charge on any atom is -0.379 e. The third-order valence-corrected chi connectivity index (χ3v) is 7.52. The van der Waals surface area contributed by atoms with Crippen LogP contribution in [0, 0.1) is 0 Å². The number of aryl methyl sites for hydroxylation is 2. The molecule has 0 bridgehead atoms. The highest BCUT2D eigenvalue weighted by Gasteiger charge is 2.26. The Morgan fingerprint density at radius 2 is 1.81 bits per heavy atom. The van der Waals surface area contributed by atoms with Crippen LogP contribution < -0.4 is 10.9 Å². The van der Waals surface area contributed by atoms with Crippen LogP contribution in [0.15, 0.2) is 40.0 Å². The summed E-state index contributed by atoms with van der Waals surface area (Å²) in [6.07, 6.45) is 3.93. The second-order valence-electron chi connectivity index (χ2n) is 7.68. The third kappa shape index (κ3) is 4.86. The average Bonchev–Trinajstić information content (AvgIpc) is 2.80. The zero-order chi connectivity index (χ0) is 21.8. The van der Waals surface area contributed by atoms with Crippen LogP contribution in [0.25, 0.3) is 0 Å². The number of carbonyl (C=O) groups is 1. The number of rotatable bonds is 6. The molecule has 1 N–H and O–H groups in total. The largest absolute Gasteiger partial charge is 0.379 e. The van der Waals surface area contributed by atoms with E-state index in [9.17, 15) is 18.0 Å². The van der Waals surface area contributed by atoms with Crippen molar-refractivity contribution in [3.05, 3.63) is 57.5 Å². The fourth-order valence-corrected chi connectivity index (χ4v) is 5.26. The number of amides is 1.